The summed E-state index contributed by atoms with van der Waals surface area (Å²) >= 11 is 0. The van der Waals surface area contributed by atoms with Crippen molar-refractivity contribution >= 4 is 11.6 Å². The molecule has 0 aromatic carbocycles. The van der Waals surface area contributed by atoms with Gasteiger partial charge in [0.05, 0.1) is 6.04 Å². The maximum Gasteiger partial charge on any atom is 0.453 e. The van der Waals surface area contributed by atoms with Gasteiger partial charge in [0.15, 0.2) is 0 Å². The van der Waals surface area contributed by atoms with E-state index in [1.807, 2.05) is 17.0 Å². The molecular formula is C16H15F3N6. The Morgan fingerprint density at radius 2 is 2.08 bits per heavy atom. The second-order valence-corrected chi connectivity index (χ2v) is 6.04. The quantitative estimate of drug-likeness (QED) is 0.712. The van der Waals surface area contributed by atoms with Crippen molar-refractivity contribution in [1.82, 2.24) is 24.6 Å². The van der Waals surface area contributed by atoms with E-state index < -0.39 is 12.0 Å². The number of anilines is 1. The standard InChI is InChI=1S/C16H15F3N6/c1-10-8-13(25-15(21-10)22-14(23-25)16(17,18)19)24-7-3-5-12(24)11-4-2-6-20-9-11/h2,4,6,8-9,12H,3,5,7H2,1H3/t12-/m0/s1. The molecule has 4 rings (SSSR count). The van der Waals surface area contributed by atoms with Crippen molar-refractivity contribution in [3.8, 4) is 0 Å². The molecule has 4 heterocycles. The second kappa shape index (κ2) is 5.68. The van der Waals surface area contributed by atoms with Crippen molar-refractivity contribution in [1.29, 1.82) is 0 Å². The maximum absolute atomic E-state index is 13.0. The van der Waals surface area contributed by atoms with Gasteiger partial charge in [0.2, 0.25) is 0 Å². The molecule has 1 aliphatic rings. The predicted octanol–water partition coefficient (Wildman–Crippen LogP) is 3.19. The van der Waals surface area contributed by atoms with Crippen LogP contribution >= 0.6 is 0 Å². The molecule has 0 amide bonds. The normalized spacial score (nSPS) is 18.2. The maximum atomic E-state index is 13.0. The van der Waals surface area contributed by atoms with Gasteiger partial charge < -0.3 is 4.90 Å². The first-order valence-electron chi connectivity index (χ1n) is 7.91. The summed E-state index contributed by atoms with van der Waals surface area (Å²) in [5.41, 5.74) is 1.62. The van der Waals surface area contributed by atoms with Crippen LogP contribution < -0.4 is 4.90 Å². The van der Waals surface area contributed by atoms with Crippen molar-refractivity contribution in [3.05, 3.63) is 47.7 Å². The summed E-state index contributed by atoms with van der Waals surface area (Å²) in [6, 6.07) is 5.62. The lowest BCUT2D eigenvalue weighted by atomic mass is 10.1. The lowest BCUT2D eigenvalue weighted by Crippen LogP contribution is -2.25. The molecular weight excluding hydrogens is 333 g/mol. The number of hydrogen-bond acceptors (Lipinski definition) is 5. The number of aryl methyl sites for hydroxylation is 1. The molecule has 1 fully saturated rings. The third-order valence-electron chi connectivity index (χ3n) is 4.29. The molecule has 0 radical (unpaired) electrons. The lowest BCUT2D eigenvalue weighted by Gasteiger charge is -2.27. The molecule has 0 spiro atoms. The fourth-order valence-electron chi connectivity index (χ4n) is 3.25. The first-order valence-corrected chi connectivity index (χ1v) is 7.91. The van der Waals surface area contributed by atoms with Gasteiger partial charge in [-0.25, -0.2) is 4.98 Å². The highest BCUT2D eigenvalue weighted by Crippen LogP contribution is 2.36. The molecule has 0 N–H and O–H groups in total. The minimum absolute atomic E-state index is 0.0391. The first-order chi connectivity index (χ1) is 11.9. The summed E-state index contributed by atoms with van der Waals surface area (Å²) in [4.78, 5) is 13.8. The number of nitrogens with zero attached hydrogens (tertiary/aromatic N) is 6. The van der Waals surface area contributed by atoms with Crippen LogP contribution in [0.5, 0.6) is 0 Å². The predicted molar refractivity (Wildman–Crippen MR) is 84.1 cm³/mol. The average molecular weight is 348 g/mol. The van der Waals surface area contributed by atoms with E-state index in [-0.39, 0.29) is 11.8 Å². The summed E-state index contributed by atoms with van der Waals surface area (Å²) in [5.74, 6) is -0.653. The number of halogens is 3. The zero-order valence-corrected chi connectivity index (χ0v) is 13.4. The highest BCUT2D eigenvalue weighted by Gasteiger charge is 2.37. The average Bonchev–Trinajstić information content (AvgIpc) is 3.21. The summed E-state index contributed by atoms with van der Waals surface area (Å²) in [7, 11) is 0. The van der Waals surface area contributed by atoms with Gasteiger partial charge >= 0.3 is 6.18 Å². The molecule has 0 unspecified atom stereocenters. The Labute approximate surface area is 141 Å². The summed E-state index contributed by atoms with van der Waals surface area (Å²) in [6.07, 6.45) is 0.715. The number of aromatic nitrogens is 5. The van der Waals surface area contributed by atoms with Gasteiger partial charge in [0.1, 0.15) is 5.82 Å². The molecule has 1 saturated heterocycles. The van der Waals surface area contributed by atoms with Crippen LogP contribution in [-0.4, -0.2) is 31.1 Å². The van der Waals surface area contributed by atoms with Gasteiger partial charge in [-0.1, -0.05) is 6.07 Å². The molecule has 0 aliphatic carbocycles. The van der Waals surface area contributed by atoms with Crippen molar-refractivity contribution in [2.75, 3.05) is 11.4 Å². The van der Waals surface area contributed by atoms with E-state index in [1.165, 1.54) is 4.52 Å². The van der Waals surface area contributed by atoms with Crippen molar-refractivity contribution < 1.29 is 13.2 Å². The topological polar surface area (TPSA) is 59.2 Å². The first kappa shape index (κ1) is 15.8. The number of hydrogen-bond donors (Lipinski definition) is 0. The van der Waals surface area contributed by atoms with E-state index in [9.17, 15) is 13.2 Å². The molecule has 0 saturated carbocycles. The highest BCUT2D eigenvalue weighted by molar-refractivity contribution is 5.50. The molecule has 9 heteroatoms. The molecule has 1 aliphatic heterocycles. The Morgan fingerprint density at radius 1 is 1.24 bits per heavy atom. The van der Waals surface area contributed by atoms with Crippen LogP contribution in [-0.2, 0) is 6.18 Å². The van der Waals surface area contributed by atoms with Gasteiger partial charge in [-0.2, -0.15) is 22.7 Å². The van der Waals surface area contributed by atoms with Gasteiger partial charge in [0, 0.05) is 30.7 Å². The number of alkyl halides is 3. The lowest BCUT2D eigenvalue weighted by molar-refractivity contribution is -0.144. The molecule has 25 heavy (non-hydrogen) atoms. The van der Waals surface area contributed by atoms with Crippen LogP contribution in [0.2, 0.25) is 0 Å². The number of fused-ring (bicyclic) bond motifs is 1. The minimum atomic E-state index is -4.60. The second-order valence-electron chi connectivity index (χ2n) is 6.04. The molecule has 6 nitrogen and oxygen atoms in total. The minimum Gasteiger partial charge on any atom is -0.349 e. The molecule has 130 valence electrons. The van der Waals surface area contributed by atoms with E-state index in [4.69, 9.17) is 0 Å². The zero-order chi connectivity index (χ0) is 17.6. The van der Waals surface area contributed by atoms with Crippen LogP contribution in [0.1, 0.15) is 36.0 Å². The van der Waals surface area contributed by atoms with Crippen LogP contribution in [0.3, 0.4) is 0 Å². The molecule has 3 aromatic heterocycles. The van der Waals surface area contributed by atoms with E-state index in [0.29, 0.717) is 11.5 Å². The molecule has 1 atom stereocenters. The summed E-state index contributed by atoms with van der Waals surface area (Å²) in [5, 5.41) is 3.66. The fourth-order valence-corrected chi connectivity index (χ4v) is 3.25. The van der Waals surface area contributed by atoms with Crippen LogP contribution in [0, 0.1) is 6.92 Å². The Morgan fingerprint density at radius 3 is 2.80 bits per heavy atom. The van der Waals surface area contributed by atoms with E-state index >= 15 is 0 Å². The highest BCUT2D eigenvalue weighted by atomic mass is 19.4. The third kappa shape index (κ3) is 2.79. The van der Waals surface area contributed by atoms with E-state index in [2.05, 4.69) is 20.1 Å². The van der Waals surface area contributed by atoms with E-state index in [0.717, 1.165) is 24.9 Å². The van der Waals surface area contributed by atoms with Gasteiger partial charge in [-0.3, -0.25) is 4.98 Å². The van der Waals surface area contributed by atoms with Gasteiger partial charge in [-0.05, 0) is 31.4 Å². The SMILES string of the molecule is Cc1cc(N2CCC[C@H]2c2cccnc2)n2nc(C(F)(F)F)nc2n1. The van der Waals surface area contributed by atoms with Crippen LogP contribution in [0.4, 0.5) is 19.0 Å². The molecule has 0 bridgehead atoms. The monoisotopic (exact) mass is 348 g/mol. The smallest absolute Gasteiger partial charge is 0.349 e. The van der Waals surface area contributed by atoms with Crippen molar-refractivity contribution in [2.45, 2.75) is 32.0 Å². The Balaban J connectivity index is 1.84. The summed E-state index contributed by atoms with van der Waals surface area (Å²) < 4.78 is 40.2. The zero-order valence-electron chi connectivity index (χ0n) is 13.4. The largest absolute Gasteiger partial charge is 0.453 e. The Bertz CT molecular complexity index is 905. The van der Waals surface area contributed by atoms with Crippen LogP contribution in [0.25, 0.3) is 5.78 Å². The number of rotatable bonds is 2. The van der Waals surface area contributed by atoms with Gasteiger partial charge in [0.25, 0.3) is 11.6 Å². The Kier molecular flexibility index (Phi) is 3.59. The Hall–Kier alpha value is -2.71. The van der Waals surface area contributed by atoms with Crippen LogP contribution in [0.15, 0.2) is 30.6 Å². The third-order valence-corrected chi connectivity index (χ3v) is 4.29. The van der Waals surface area contributed by atoms with Gasteiger partial charge in [-0.15, -0.1) is 5.10 Å². The van der Waals surface area contributed by atoms with E-state index in [1.54, 1.807) is 25.4 Å². The van der Waals surface area contributed by atoms with Crippen molar-refractivity contribution in [3.63, 3.8) is 0 Å². The number of pyridine rings is 1. The molecule has 3 aromatic rings. The van der Waals surface area contributed by atoms with Crippen molar-refractivity contribution in [2.24, 2.45) is 0 Å². The summed E-state index contributed by atoms with van der Waals surface area (Å²) in [6.45, 7) is 2.46. The fraction of sp³-hybridized carbons (Fsp3) is 0.375.